The minimum absolute atomic E-state index is 0.118. The summed E-state index contributed by atoms with van der Waals surface area (Å²) in [5, 5.41) is 1.09. The normalized spacial score (nSPS) is 25.2. The Labute approximate surface area is 156 Å². The van der Waals surface area contributed by atoms with Gasteiger partial charge in [-0.2, -0.15) is 0 Å². The maximum absolute atomic E-state index is 13.4. The average molecular weight is 376 g/mol. The summed E-state index contributed by atoms with van der Waals surface area (Å²) < 4.78 is 13.4. The van der Waals surface area contributed by atoms with Gasteiger partial charge in [0.2, 0.25) is 5.91 Å². The summed E-state index contributed by atoms with van der Waals surface area (Å²) in [7, 11) is 0. The van der Waals surface area contributed by atoms with Crippen LogP contribution in [0.3, 0.4) is 0 Å². The molecule has 0 radical (unpaired) electrons. The van der Waals surface area contributed by atoms with Gasteiger partial charge in [0, 0.05) is 34.2 Å². The predicted molar refractivity (Wildman–Crippen MR) is 99.5 cm³/mol. The highest BCUT2D eigenvalue weighted by Crippen LogP contribution is 2.47. The van der Waals surface area contributed by atoms with Crippen molar-refractivity contribution in [3.8, 4) is 0 Å². The molecule has 2 aromatic carbocycles. The van der Waals surface area contributed by atoms with Gasteiger partial charge >= 0.3 is 0 Å². The third-order valence-electron chi connectivity index (χ3n) is 4.97. The van der Waals surface area contributed by atoms with Crippen LogP contribution in [0.1, 0.15) is 24.3 Å². The maximum atomic E-state index is 13.4. The lowest BCUT2D eigenvalue weighted by Crippen LogP contribution is -2.30. The second-order valence-electron chi connectivity index (χ2n) is 6.78. The number of hydrogen-bond acceptors (Lipinski definition) is 2. The molecule has 2 nitrogen and oxygen atoms in total. The Balaban J connectivity index is 1.33. The molecule has 2 fully saturated rings. The minimum Gasteiger partial charge on any atom is -0.342 e. The monoisotopic (exact) mass is 375 g/mol. The predicted octanol–water partition coefficient (Wildman–Crippen LogP) is 4.98. The van der Waals surface area contributed by atoms with Gasteiger partial charge in [-0.3, -0.25) is 4.79 Å². The number of rotatable bonds is 4. The average Bonchev–Trinajstić information content (AvgIpc) is 3.18. The van der Waals surface area contributed by atoms with E-state index in [2.05, 4.69) is 0 Å². The van der Waals surface area contributed by atoms with Crippen LogP contribution in [0.25, 0.3) is 0 Å². The molecule has 0 spiro atoms. The molecule has 4 rings (SSSR count). The summed E-state index contributed by atoms with van der Waals surface area (Å²) in [6, 6.07) is 14.5. The maximum Gasteiger partial charge on any atom is 0.226 e. The van der Waals surface area contributed by atoms with Crippen LogP contribution in [0.2, 0.25) is 5.02 Å². The molecule has 1 heterocycles. The van der Waals surface area contributed by atoms with E-state index in [0.29, 0.717) is 11.8 Å². The fourth-order valence-electron chi connectivity index (χ4n) is 3.48. The highest BCUT2D eigenvalue weighted by Gasteiger charge is 2.46. The van der Waals surface area contributed by atoms with Crippen LogP contribution in [0.5, 0.6) is 0 Å². The number of amides is 1. The molecule has 3 atom stereocenters. The van der Waals surface area contributed by atoms with E-state index in [1.54, 1.807) is 23.9 Å². The second-order valence-corrected chi connectivity index (χ2v) is 8.53. The number of nitrogens with zero attached hydrogens (tertiary/aromatic N) is 1. The molecular weight excluding hydrogens is 357 g/mol. The highest BCUT2D eigenvalue weighted by atomic mass is 35.5. The molecular formula is C20H19ClFNOS. The fraction of sp³-hybridized carbons (Fsp3) is 0.350. The Morgan fingerprint density at radius 1 is 1.20 bits per heavy atom. The number of benzene rings is 2. The lowest BCUT2D eigenvalue weighted by atomic mass is 9.98. The van der Waals surface area contributed by atoms with Crippen molar-refractivity contribution in [3.63, 3.8) is 0 Å². The van der Waals surface area contributed by atoms with Gasteiger partial charge in [0.15, 0.2) is 0 Å². The first-order chi connectivity index (χ1) is 12.1. The van der Waals surface area contributed by atoms with Gasteiger partial charge in [0.05, 0.1) is 5.92 Å². The largest absolute Gasteiger partial charge is 0.342 e. The first-order valence-electron chi connectivity index (χ1n) is 8.56. The number of carbonyl (C=O) groups excluding carboxylic acids is 1. The summed E-state index contributed by atoms with van der Waals surface area (Å²) >= 11 is 7.67. The fourth-order valence-corrected chi connectivity index (χ4v) is 4.83. The lowest BCUT2D eigenvalue weighted by molar-refractivity contribution is -0.131. The third-order valence-corrected chi connectivity index (χ3v) is 6.59. The highest BCUT2D eigenvalue weighted by molar-refractivity contribution is 8.00. The van der Waals surface area contributed by atoms with E-state index in [4.69, 9.17) is 11.6 Å². The Kier molecular flexibility index (Phi) is 4.74. The molecule has 0 aromatic heterocycles. The Morgan fingerprint density at radius 2 is 2.00 bits per heavy atom. The van der Waals surface area contributed by atoms with Crippen molar-refractivity contribution >= 4 is 29.3 Å². The van der Waals surface area contributed by atoms with Crippen molar-refractivity contribution < 1.29 is 9.18 Å². The molecule has 2 aliphatic rings. The van der Waals surface area contributed by atoms with Crippen LogP contribution in [-0.2, 0) is 4.79 Å². The summed E-state index contributed by atoms with van der Waals surface area (Å²) in [5.41, 5.74) is 0.998. The molecule has 2 aromatic rings. The zero-order valence-electron chi connectivity index (χ0n) is 13.7. The van der Waals surface area contributed by atoms with Gasteiger partial charge in [-0.15, -0.1) is 11.8 Å². The topological polar surface area (TPSA) is 20.3 Å². The van der Waals surface area contributed by atoms with Crippen LogP contribution < -0.4 is 0 Å². The number of hydrogen-bond donors (Lipinski definition) is 0. The van der Waals surface area contributed by atoms with Gasteiger partial charge in [-0.25, -0.2) is 4.39 Å². The Morgan fingerprint density at radius 3 is 2.76 bits per heavy atom. The van der Waals surface area contributed by atoms with Gasteiger partial charge < -0.3 is 4.90 Å². The molecule has 1 aliphatic carbocycles. The SMILES string of the molecule is O=C(C1CC1Sc1ccc(Cl)cc1)N1CCC(c2cccc(F)c2)C1. The van der Waals surface area contributed by atoms with Gasteiger partial charge in [0.25, 0.3) is 0 Å². The van der Waals surface area contributed by atoms with Crippen molar-refractivity contribution in [2.75, 3.05) is 13.1 Å². The van der Waals surface area contributed by atoms with Crippen LogP contribution in [-0.4, -0.2) is 29.1 Å². The summed E-state index contributed by atoms with van der Waals surface area (Å²) in [5.74, 6) is 0.418. The second kappa shape index (κ2) is 7.00. The summed E-state index contributed by atoms with van der Waals surface area (Å²) in [6.45, 7) is 1.48. The molecule has 3 unspecified atom stereocenters. The number of thioether (sulfide) groups is 1. The Hall–Kier alpha value is -1.52. The van der Waals surface area contributed by atoms with Crippen molar-refractivity contribution in [1.82, 2.24) is 4.90 Å². The zero-order valence-corrected chi connectivity index (χ0v) is 15.3. The number of likely N-dealkylation sites (tertiary alicyclic amines) is 1. The van der Waals surface area contributed by atoms with Crippen LogP contribution in [0, 0.1) is 11.7 Å². The first-order valence-corrected chi connectivity index (χ1v) is 9.82. The molecule has 0 N–H and O–H groups in total. The zero-order chi connectivity index (χ0) is 17.4. The quantitative estimate of drug-likeness (QED) is 0.751. The molecule has 25 heavy (non-hydrogen) atoms. The van der Waals surface area contributed by atoms with Crippen molar-refractivity contribution in [2.45, 2.75) is 28.9 Å². The molecule has 1 amide bonds. The van der Waals surface area contributed by atoms with Gasteiger partial charge in [-0.05, 0) is 54.8 Å². The molecule has 0 bridgehead atoms. The lowest BCUT2D eigenvalue weighted by Gasteiger charge is -2.17. The van der Waals surface area contributed by atoms with E-state index >= 15 is 0 Å². The van der Waals surface area contributed by atoms with Crippen LogP contribution in [0.4, 0.5) is 4.39 Å². The van der Waals surface area contributed by atoms with E-state index in [9.17, 15) is 9.18 Å². The van der Waals surface area contributed by atoms with Crippen LogP contribution in [0.15, 0.2) is 53.4 Å². The first kappa shape index (κ1) is 16.9. The van der Waals surface area contributed by atoms with Crippen LogP contribution >= 0.6 is 23.4 Å². The molecule has 1 aliphatic heterocycles. The van der Waals surface area contributed by atoms with Gasteiger partial charge in [-0.1, -0.05) is 23.7 Å². The summed E-state index contributed by atoms with van der Waals surface area (Å²) in [6.07, 6.45) is 1.85. The van der Waals surface area contributed by atoms with E-state index < -0.39 is 0 Å². The smallest absolute Gasteiger partial charge is 0.226 e. The van der Waals surface area contributed by atoms with E-state index in [1.807, 2.05) is 35.2 Å². The molecule has 5 heteroatoms. The van der Waals surface area contributed by atoms with Crippen molar-refractivity contribution in [2.24, 2.45) is 5.92 Å². The number of halogens is 2. The van der Waals surface area contributed by atoms with Crippen molar-refractivity contribution in [1.29, 1.82) is 0 Å². The van der Waals surface area contributed by atoms with E-state index in [-0.39, 0.29) is 23.6 Å². The van der Waals surface area contributed by atoms with E-state index in [0.717, 1.165) is 34.9 Å². The summed E-state index contributed by atoms with van der Waals surface area (Å²) in [4.78, 5) is 15.8. The van der Waals surface area contributed by atoms with Crippen molar-refractivity contribution in [3.05, 3.63) is 64.9 Å². The minimum atomic E-state index is -0.205. The van der Waals surface area contributed by atoms with Gasteiger partial charge in [0.1, 0.15) is 5.82 Å². The standard InChI is InChI=1S/C20H19ClFNOS/c21-15-4-6-17(7-5-15)25-19-11-18(19)20(24)23-9-8-14(12-23)13-2-1-3-16(22)10-13/h1-7,10,14,18-19H,8-9,11-12H2. The Bertz CT molecular complexity index is 782. The number of carbonyl (C=O) groups is 1. The third kappa shape index (κ3) is 3.85. The molecule has 1 saturated heterocycles. The van der Waals surface area contributed by atoms with E-state index in [1.165, 1.54) is 6.07 Å². The molecule has 130 valence electrons. The molecule has 1 saturated carbocycles.